The molecule has 2 aromatic rings. The van der Waals surface area contributed by atoms with E-state index < -0.39 is 19.7 Å². The number of benzene rings is 1. The third-order valence-corrected chi connectivity index (χ3v) is 5.18. The zero-order valence-corrected chi connectivity index (χ0v) is 12.1. The van der Waals surface area contributed by atoms with Crippen LogP contribution in [0.4, 0.5) is 5.00 Å². The van der Waals surface area contributed by atoms with Crippen LogP contribution in [0.15, 0.2) is 52.3 Å². The van der Waals surface area contributed by atoms with E-state index in [-0.39, 0.29) is 9.90 Å². The maximum absolute atomic E-state index is 12.3. The molecule has 1 heterocycles. The number of nitrogens with zero attached hydrogens (tertiary/aromatic N) is 2. The van der Waals surface area contributed by atoms with E-state index in [2.05, 4.69) is 0 Å². The van der Waals surface area contributed by atoms with Crippen molar-refractivity contribution in [1.29, 1.82) is 5.26 Å². The second-order valence-electron chi connectivity index (χ2n) is 3.87. The van der Waals surface area contributed by atoms with Gasteiger partial charge in [0, 0.05) is 10.9 Å². The summed E-state index contributed by atoms with van der Waals surface area (Å²) in [5.74, 6) is 0. The van der Waals surface area contributed by atoms with Crippen LogP contribution < -0.4 is 0 Å². The fourth-order valence-electron chi connectivity index (χ4n) is 1.54. The molecule has 0 radical (unpaired) electrons. The summed E-state index contributed by atoms with van der Waals surface area (Å²) in [6.45, 7) is 0. The summed E-state index contributed by atoms with van der Waals surface area (Å²) < 4.78 is 24.6. The highest BCUT2D eigenvalue weighted by atomic mass is 32.2. The van der Waals surface area contributed by atoms with Gasteiger partial charge in [-0.3, -0.25) is 10.1 Å². The maximum atomic E-state index is 12.3. The summed E-state index contributed by atoms with van der Waals surface area (Å²) in [6.07, 6.45) is 1.14. The van der Waals surface area contributed by atoms with Crippen molar-refractivity contribution in [3.8, 4) is 6.07 Å². The lowest BCUT2D eigenvalue weighted by Crippen LogP contribution is -2.02. The Balaban J connectivity index is 2.46. The minimum atomic E-state index is -3.92. The monoisotopic (exact) mass is 320 g/mol. The van der Waals surface area contributed by atoms with E-state index in [0.717, 1.165) is 17.4 Å². The van der Waals surface area contributed by atoms with Crippen LogP contribution in [0.3, 0.4) is 0 Å². The van der Waals surface area contributed by atoms with Crippen LogP contribution in [0.2, 0.25) is 0 Å². The molecule has 0 saturated carbocycles. The van der Waals surface area contributed by atoms with Gasteiger partial charge in [0.05, 0.1) is 9.82 Å². The fraction of sp³-hybridized carbons (Fsp3) is 0. The standard InChI is InChI=1S/C13H8N2O4S2/c14-9-12(8-10-6-7-13(20-10)15(16)17)21(18,19)11-4-2-1-3-5-11/h1-8H. The smallest absolute Gasteiger partial charge is 0.258 e. The highest BCUT2D eigenvalue weighted by Gasteiger charge is 2.21. The molecule has 1 aromatic carbocycles. The average Bonchev–Trinajstić information content (AvgIpc) is 2.94. The number of hydrogen-bond acceptors (Lipinski definition) is 6. The first-order valence-electron chi connectivity index (χ1n) is 5.61. The van der Waals surface area contributed by atoms with Crippen molar-refractivity contribution in [1.82, 2.24) is 0 Å². The molecule has 0 amide bonds. The largest absolute Gasteiger partial charge is 0.324 e. The van der Waals surface area contributed by atoms with Gasteiger partial charge < -0.3 is 0 Å². The van der Waals surface area contributed by atoms with Crippen LogP contribution in [0, 0.1) is 21.4 Å². The van der Waals surface area contributed by atoms with Crippen molar-refractivity contribution in [3.05, 3.63) is 62.4 Å². The summed E-state index contributed by atoms with van der Waals surface area (Å²) in [4.78, 5) is 9.91. The van der Waals surface area contributed by atoms with Crippen LogP contribution in [-0.4, -0.2) is 13.3 Å². The molecule has 8 heteroatoms. The second-order valence-corrected chi connectivity index (χ2v) is 6.88. The molecule has 0 aliphatic heterocycles. The molecular weight excluding hydrogens is 312 g/mol. The molecule has 2 rings (SSSR count). The topological polar surface area (TPSA) is 101 Å². The van der Waals surface area contributed by atoms with Crippen LogP contribution in [0.1, 0.15) is 4.88 Å². The van der Waals surface area contributed by atoms with Gasteiger partial charge >= 0.3 is 5.00 Å². The molecule has 0 spiro atoms. The Hall–Kier alpha value is -2.50. The van der Waals surface area contributed by atoms with Crippen molar-refractivity contribution in [2.75, 3.05) is 0 Å². The Morgan fingerprint density at radius 1 is 1.24 bits per heavy atom. The molecule has 6 nitrogen and oxygen atoms in total. The first-order chi connectivity index (χ1) is 9.95. The molecule has 106 valence electrons. The van der Waals surface area contributed by atoms with E-state index in [1.807, 2.05) is 0 Å². The summed E-state index contributed by atoms with van der Waals surface area (Å²) in [5, 5.41) is 19.6. The minimum Gasteiger partial charge on any atom is -0.258 e. The van der Waals surface area contributed by atoms with Crippen molar-refractivity contribution in [3.63, 3.8) is 0 Å². The fourth-order valence-corrected chi connectivity index (χ4v) is 3.55. The van der Waals surface area contributed by atoms with Gasteiger partial charge in [-0.15, -0.1) is 0 Å². The third-order valence-electron chi connectivity index (χ3n) is 2.52. The van der Waals surface area contributed by atoms with E-state index >= 15 is 0 Å². The molecule has 0 aliphatic rings. The number of nitro groups is 1. The molecule has 0 saturated heterocycles. The summed E-state index contributed by atoms with van der Waals surface area (Å²) >= 11 is 0.805. The van der Waals surface area contributed by atoms with Crippen LogP contribution in [0.5, 0.6) is 0 Å². The number of nitriles is 1. The lowest BCUT2D eigenvalue weighted by molar-refractivity contribution is -0.380. The highest BCUT2D eigenvalue weighted by molar-refractivity contribution is 7.95. The Labute approximate surface area is 124 Å². The van der Waals surface area contributed by atoms with Crippen molar-refractivity contribution in [2.24, 2.45) is 0 Å². The van der Waals surface area contributed by atoms with Crippen molar-refractivity contribution in [2.45, 2.75) is 4.90 Å². The molecule has 0 unspecified atom stereocenters. The Morgan fingerprint density at radius 2 is 1.90 bits per heavy atom. The molecule has 0 fully saturated rings. The molecule has 1 aromatic heterocycles. The van der Waals surface area contributed by atoms with Crippen LogP contribution in [-0.2, 0) is 9.84 Å². The zero-order chi connectivity index (χ0) is 15.5. The first-order valence-corrected chi connectivity index (χ1v) is 7.91. The average molecular weight is 320 g/mol. The molecular formula is C13H8N2O4S2. The van der Waals surface area contributed by atoms with Gasteiger partial charge in [-0.1, -0.05) is 29.5 Å². The van der Waals surface area contributed by atoms with E-state index in [4.69, 9.17) is 5.26 Å². The quantitative estimate of drug-likeness (QED) is 0.489. The summed E-state index contributed by atoms with van der Waals surface area (Å²) in [6, 6.07) is 11.8. The number of hydrogen-bond donors (Lipinski definition) is 0. The maximum Gasteiger partial charge on any atom is 0.324 e. The zero-order valence-electron chi connectivity index (χ0n) is 10.5. The van der Waals surface area contributed by atoms with Gasteiger partial charge in [0.25, 0.3) is 0 Å². The van der Waals surface area contributed by atoms with Gasteiger partial charge in [-0.25, -0.2) is 8.42 Å². The van der Waals surface area contributed by atoms with Crippen LogP contribution >= 0.6 is 11.3 Å². The van der Waals surface area contributed by atoms with Crippen molar-refractivity contribution < 1.29 is 13.3 Å². The SMILES string of the molecule is N#CC(=Cc1ccc([N+](=O)[O-])s1)S(=O)(=O)c1ccccc1. The van der Waals surface area contributed by atoms with Gasteiger partial charge in [0.1, 0.15) is 6.07 Å². The Morgan fingerprint density at radius 3 is 2.43 bits per heavy atom. The van der Waals surface area contributed by atoms with E-state index in [1.165, 1.54) is 24.3 Å². The number of allylic oxidation sites excluding steroid dienone is 1. The van der Waals surface area contributed by atoms with Crippen molar-refractivity contribution >= 4 is 32.3 Å². The minimum absolute atomic E-state index is 0.00357. The predicted molar refractivity (Wildman–Crippen MR) is 78.2 cm³/mol. The summed E-state index contributed by atoms with van der Waals surface area (Å²) in [7, 11) is -3.92. The van der Waals surface area contributed by atoms with E-state index in [1.54, 1.807) is 24.3 Å². The molecule has 0 bridgehead atoms. The van der Waals surface area contributed by atoms with Gasteiger partial charge in [-0.05, 0) is 24.3 Å². The molecule has 0 aliphatic carbocycles. The highest BCUT2D eigenvalue weighted by Crippen LogP contribution is 2.28. The predicted octanol–water partition coefficient (Wildman–Crippen LogP) is 2.99. The lowest BCUT2D eigenvalue weighted by Gasteiger charge is -2.01. The molecule has 21 heavy (non-hydrogen) atoms. The lowest BCUT2D eigenvalue weighted by atomic mass is 10.4. The Bertz CT molecular complexity index is 846. The second kappa shape index (κ2) is 5.87. The first kappa shape index (κ1) is 14.9. The van der Waals surface area contributed by atoms with Gasteiger partial charge in [0.2, 0.25) is 9.84 Å². The molecule has 0 N–H and O–H groups in total. The van der Waals surface area contributed by atoms with E-state index in [0.29, 0.717) is 4.88 Å². The Kier molecular flexibility index (Phi) is 4.16. The third kappa shape index (κ3) is 3.16. The van der Waals surface area contributed by atoms with Gasteiger partial charge in [-0.2, -0.15) is 5.26 Å². The number of thiophene rings is 1. The van der Waals surface area contributed by atoms with E-state index in [9.17, 15) is 18.5 Å². The normalized spacial score (nSPS) is 11.9. The number of sulfone groups is 1. The summed E-state index contributed by atoms with van der Waals surface area (Å²) in [5.41, 5.74) is 0. The van der Waals surface area contributed by atoms with Gasteiger partial charge in [0.15, 0.2) is 4.91 Å². The number of rotatable bonds is 4. The molecule has 0 atom stereocenters. The van der Waals surface area contributed by atoms with Crippen LogP contribution in [0.25, 0.3) is 6.08 Å².